The average molecular weight is 410 g/mol. The van der Waals surface area contributed by atoms with Crippen molar-refractivity contribution in [3.05, 3.63) is 70.7 Å². The Morgan fingerprint density at radius 1 is 1.07 bits per heavy atom. The van der Waals surface area contributed by atoms with E-state index in [1.807, 2.05) is 24.3 Å². The number of phenolic OH excluding ortho intramolecular Hbond substituents is 2. The van der Waals surface area contributed by atoms with Crippen LogP contribution in [-0.2, 0) is 6.42 Å². The summed E-state index contributed by atoms with van der Waals surface area (Å²) in [5, 5.41) is 20.2. The third-order valence-corrected chi connectivity index (χ3v) is 5.45. The molecule has 0 aliphatic carbocycles. The number of nitrogens with zero attached hydrogens (tertiary/aromatic N) is 1. The molecule has 0 fully saturated rings. The normalized spacial score (nSPS) is 13.1. The van der Waals surface area contributed by atoms with Crippen molar-refractivity contribution in [3.63, 3.8) is 0 Å². The molecule has 0 spiro atoms. The molecule has 0 saturated heterocycles. The van der Waals surface area contributed by atoms with E-state index in [-0.39, 0.29) is 23.0 Å². The summed E-state index contributed by atoms with van der Waals surface area (Å²) in [5.41, 5.74) is 3.90. The molecule has 1 aliphatic heterocycles. The number of aromatic hydroxyl groups is 2. The number of amides is 1. The van der Waals surface area contributed by atoms with Gasteiger partial charge in [0.05, 0.1) is 17.7 Å². The maximum absolute atomic E-state index is 13.0. The molecule has 1 heterocycles. The SMILES string of the molecule is COc1ccc(-c2ccc3c(c2)CCCN3C(=O)c2ccc(O)cc2O)c(Cl)c1. The van der Waals surface area contributed by atoms with Crippen molar-refractivity contribution < 1.29 is 19.7 Å². The van der Waals surface area contributed by atoms with Crippen LogP contribution < -0.4 is 9.64 Å². The van der Waals surface area contributed by atoms with Gasteiger partial charge in [-0.1, -0.05) is 17.7 Å². The summed E-state index contributed by atoms with van der Waals surface area (Å²) in [4.78, 5) is 14.7. The number of methoxy groups -OCH3 is 1. The lowest BCUT2D eigenvalue weighted by Gasteiger charge is -2.30. The molecule has 3 aromatic carbocycles. The number of hydrogen-bond donors (Lipinski definition) is 2. The molecule has 0 radical (unpaired) electrons. The summed E-state index contributed by atoms with van der Waals surface area (Å²) in [7, 11) is 1.60. The van der Waals surface area contributed by atoms with Crippen LogP contribution in [0.15, 0.2) is 54.6 Å². The number of halogens is 1. The van der Waals surface area contributed by atoms with Gasteiger partial charge in [0.25, 0.3) is 5.91 Å². The summed E-state index contributed by atoms with van der Waals surface area (Å²) in [6, 6.07) is 15.5. The first kappa shape index (κ1) is 19.2. The third kappa shape index (κ3) is 3.61. The van der Waals surface area contributed by atoms with Crippen molar-refractivity contribution in [3.8, 4) is 28.4 Å². The van der Waals surface area contributed by atoms with Gasteiger partial charge in [0.15, 0.2) is 0 Å². The number of ether oxygens (including phenoxy) is 1. The highest BCUT2D eigenvalue weighted by molar-refractivity contribution is 6.33. The molecular formula is C23H20ClNO4. The Morgan fingerprint density at radius 2 is 1.90 bits per heavy atom. The molecule has 0 atom stereocenters. The highest BCUT2D eigenvalue weighted by Crippen LogP contribution is 2.37. The van der Waals surface area contributed by atoms with E-state index in [0.717, 1.165) is 35.2 Å². The van der Waals surface area contributed by atoms with Crippen LogP contribution in [0.25, 0.3) is 11.1 Å². The zero-order chi connectivity index (χ0) is 20.5. The molecule has 29 heavy (non-hydrogen) atoms. The Hall–Kier alpha value is -3.18. The lowest BCUT2D eigenvalue weighted by molar-refractivity contribution is 0.0982. The first-order valence-corrected chi connectivity index (χ1v) is 9.66. The predicted molar refractivity (Wildman–Crippen MR) is 113 cm³/mol. The number of phenols is 2. The molecule has 2 N–H and O–H groups in total. The fraction of sp³-hybridized carbons (Fsp3) is 0.174. The fourth-order valence-corrected chi connectivity index (χ4v) is 3.96. The molecule has 5 nitrogen and oxygen atoms in total. The van der Waals surface area contributed by atoms with Crippen molar-refractivity contribution in [1.29, 1.82) is 0 Å². The minimum atomic E-state index is -0.293. The van der Waals surface area contributed by atoms with Crippen molar-refractivity contribution in [2.24, 2.45) is 0 Å². The van der Waals surface area contributed by atoms with Gasteiger partial charge < -0.3 is 19.8 Å². The van der Waals surface area contributed by atoms with Gasteiger partial charge in [-0.05, 0) is 66.4 Å². The molecule has 1 amide bonds. The summed E-state index contributed by atoms with van der Waals surface area (Å²) < 4.78 is 5.21. The van der Waals surface area contributed by atoms with Crippen LogP contribution >= 0.6 is 11.6 Å². The molecular weight excluding hydrogens is 390 g/mol. The first-order chi connectivity index (χ1) is 14.0. The number of rotatable bonds is 3. The van der Waals surface area contributed by atoms with Gasteiger partial charge >= 0.3 is 0 Å². The Kier molecular flexibility index (Phi) is 5.07. The number of hydrogen-bond acceptors (Lipinski definition) is 4. The van der Waals surface area contributed by atoms with Crippen molar-refractivity contribution >= 4 is 23.2 Å². The Balaban J connectivity index is 1.69. The summed E-state index contributed by atoms with van der Waals surface area (Å²) >= 11 is 6.42. The van der Waals surface area contributed by atoms with Crippen LogP contribution in [0.4, 0.5) is 5.69 Å². The second-order valence-electron chi connectivity index (χ2n) is 6.95. The maximum Gasteiger partial charge on any atom is 0.262 e. The monoisotopic (exact) mass is 409 g/mol. The highest BCUT2D eigenvalue weighted by Gasteiger charge is 2.26. The summed E-state index contributed by atoms with van der Waals surface area (Å²) in [6.45, 7) is 0.564. The number of aryl methyl sites for hydroxylation is 1. The molecule has 0 saturated carbocycles. The smallest absolute Gasteiger partial charge is 0.262 e. The van der Waals surface area contributed by atoms with E-state index in [9.17, 15) is 15.0 Å². The van der Waals surface area contributed by atoms with Crippen LogP contribution in [0.2, 0.25) is 5.02 Å². The van der Waals surface area contributed by atoms with Gasteiger partial charge in [-0.15, -0.1) is 0 Å². The number of carbonyl (C=O) groups is 1. The lowest BCUT2D eigenvalue weighted by Crippen LogP contribution is -2.35. The molecule has 148 valence electrons. The van der Waals surface area contributed by atoms with Crippen LogP contribution in [0.5, 0.6) is 17.2 Å². The van der Waals surface area contributed by atoms with E-state index in [2.05, 4.69) is 6.07 Å². The van der Waals surface area contributed by atoms with Gasteiger partial charge in [0, 0.05) is 23.9 Å². The van der Waals surface area contributed by atoms with Crippen molar-refractivity contribution in [1.82, 2.24) is 0 Å². The largest absolute Gasteiger partial charge is 0.508 e. The van der Waals surface area contributed by atoms with Crippen LogP contribution in [0, 0.1) is 0 Å². The summed E-state index contributed by atoms with van der Waals surface area (Å²) in [5.74, 6) is 0.0868. The van der Waals surface area contributed by atoms with Gasteiger partial charge in [-0.2, -0.15) is 0 Å². The molecule has 0 bridgehead atoms. The minimum Gasteiger partial charge on any atom is -0.508 e. The molecule has 3 aromatic rings. The van der Waals surface area contributed by atoms with Crippen molar-refractivity contribution in [2.75, 3.05) is 18.6 Å². The van der Waals surface area contributed by atoms with E-state index < -0.39 is 0 Å². The average Bonchev–Trinajstić information content (AvgIpc) is 2.72. The predicted octanol–water partition coefficient (Wildman–Crippen LogP) is 5.02. The number of benzene rings is 3. The van der Waals surface area contributed by atoms with Gasteiger partial charge in [-0.3, -0.25) is 4.79 Å². The van der Waals surface area contributed by atoms with Crippen LogP contribution in [0.3, 0.4) is 0 Å². The third-order valence-electron chi connectivity index (χ3n) is 5.14. The molecule has 4 rings (SSSR count). The second-order valence-corrected chi connectivity index (χ2v) is 7.36. The highest BCUT2D eigenvalue weighted by atomic mass is 35.5. The standard InChI is InChI=1S/C23H20ClNO4/c1-29-17-6-8-18(20(24)13-17)14-4-9-21-15(11-14)3-2-10-25(21)23(28)19-7-5-16(26)12-22(19)27/h4-9,11-13,26-27H,2-3,10H2,1H3. The quantitative estimate of drug-likeness (QED) is 0.637. The fourth-order valence-electron chi connectivity index (χ4n) is 3.68. The summed E-state index contributed by atoms with van der Waals surface area (Å²) in [6.07, 6.45) is 1.67. The van der Waals surface area contributed by atoms with E-state index in [0.29, 0.717) is 17.3 Å². The minimum absolute atomic E-state index is 0.0842. The first-order valence-electron chi connectivity index (χ1n) is 9.28. The van der Waals surface area contributed by atoms with E-state index >= 15 is 0 Å². The zero-order valence-electron chi connectivity index (χ0n) is 15.9. The zero-order valence-corrected chi connectivity index (χ0v) is 16.6. The van der Waals surface area contributed by atoms with Gasteiger partial charge in [-0.25, -0.2) is 0 Å². The number of anilines is 1. The Labute approximate surface area is 173 Å². The molecule has 0 unspecified atom stereocenters. The Bertz CT molecular complexity index is 1100. The topological polar surface area (TPSA) is 70.0 Å². The van der Waals surface area contributed by atoms with E-state index in [1.54, 1.807) is 18.1 Å². The molecule has 1 aliphatic rings. The van der Waals surface area contributed by atoms with E-state index in [1.165, 1.54) is 18.2 Å². The Morgan fingerprint density at radius 3 is 2.62 bits per heavy atom. The second kappa shape index (κ2) is 7.68. The maximum atomic E-state index is 13.0. The van der Waals surface area contributed by atoms with Crippen molar-refractivity contribution in [2.45, 2.75) is 12.8 Å². The van der Waals surface area contributed by atoms with Crippen LogP contribution in [-0.4, -0.2) is 29.8 Å². The van der Waals surface area contributed by atoms with Gasteiger partial charge in [0.2, 0.25) is 0 Å². The number of fused-ring (bicyclic) bond motifs is 1. The van der Waals surface area contributed by atoms with Crippen LogP contribution in [0.1, 0.15) is 22.3 Å². The molecule has 6 heteroatoms. The lowest BCUT2D eigenvalue weighted by atomic mass is 9.95. The van der Waals surface area contributed by atoms with E-state index in [4.69, 9.17) is 16.3 Å². The van der Waals surface area contributed by atoms with Gasteiger partial charge in [0.1, 0.15) is 17.2 Å². The molecule has 0 aromatic heterocycles. The number of carbonyl (C=O) groups excluding carboxylic acids is 1.